The number of hydrogen-bond donors (Lipinski definition) is 1. The smallest absolute Gasteiger partial charge is 0.119 e. The average Bonchev–Trinajstić information content (AvgIpc) is 2.78. The molecule has 0 saturated heterocycles. The van der Waals surface area contributed by atoms with Gasteiger partial charge in [0.2, 0.25) is 0 Å². The highest BCUT2D eigenvalue weighted by molar-refractivity contribution is 5.49. The topological polar surface area (TPSA) is 30.5 Å². The molecule has 0 heterocycles. The van der Waals surface area contributed by atoms with Gasteiger partial charge in [-0.25, -0.2) is 0 Å². The van der Waals surface area contributed by atoms with Gasteiger partial charge in [0.25, 0.3) is 0 Å². The van der Waals surface area contributed by atoms with E-state index in [0.717, 1.165) is 43.9 Å². The lowest BCUT2D eigenvalue weighted by atomic mass is 9.85. The van der Waals surface area contributed by atoms with E-state index in [0.29, 0.717) is 5.92 Å². The van der Waals surface area contributed by atoms with Crippen LogP contribution in [-0.2, 0) is 12.8 Å². The normalized spacial score (nSPS) is 13.8. The van der Waals surface area contributed by atoms with E-state index in [4.69, 9.17) is 9.47 Å². The van der Waals surface area contributed by atoms with E-state index in [1.165, 1.54) is 22.3 Å². The summed E-state index contributed by atoms with van der Waals surface area (Å²) in [7, 11) is 3.47. The Morgan fingerprint density at radius 3 is 1.92 bits per heavy atom. The van der Waals surface area contributed by atoms with Gasteiger partial charge in [-0.2, -0.15) is 0 Å². The van der Waals surface area contributed by atoms with Crippen LogP contribution in [0.2, 0.25) is 0 Å². The Bertz CT molecular complexity index is 641. The summed E-state index contributed by atoms with van der Waals surface area (Å²) in [6.45, 7) is 4.19. The maximum atomic E-state index is 5.44. The van der Waals surface area contributed by atoms with Crippen LogP contribution in [0.1, 0.15) is 41.5 Å². The zero-order valence-electron chi connectivity index (χ0n) is 14.9. The minimum atomic E-state index is 0.424. The first-order valence-electron chi connectivity index (χ1n) is 8.81. The third-order valence-corrected chi connectivity index (χ3v) is 4.97. The van der Waals surface area contributed by atoms with Gasteiger partial charge in [0.05, 0.1) is 14.2 Å². The van der Waals surface area contributed by atoms with Crippen molar-refractivity contribution in [2.45, 2.75) is 32.1 Å². The van der Waals surface area contributed by atoms with Crippen molar-refractivity contribution in [2.75, 3.05) is 27.3 Å². The van der Waals surface area contributed by atoms with Crippen molar-refractivity contribution < 1.29 is 9.47 Å². The van der Waals surface area contributed by atoms with Crippen LogP contribution >= 0.6 is 0 Å². The van der Waals surface area contributed by atoms with E-state index >= 15 is 0 Å². The summed E-state index contributed by atoms with van der Waals surface area (Å²) in [5.41, 5.74) is 5.70. The Morgan fingerprint density at radius 1 is 0.917 bits per heavy atom. The van der Waals surface area contributed by atoms with E-state index in [1.807, 2.05) is 0 Å². The van der Waals surface area contributed by atoms with E-state index in [2.05, 4.69) is 48.6 Å². The Labute approximate surface area is 145 Å². The van der Waals surface area contributed by atoms with Gasteiger partial charge in [-0.3, -0.25) is 0 Å². The molecule has 2 aromatic rings. The number of benzene rings is 2. The lowest BCUT2D eigenvalue weighted by Gasteiger charge is -2.21. The highest BCUT2D eigenvalue weighted by atomic mass is 16.5. The molecule has 0 fully saturated rings. The molecule has 24 heavy (non-hydrogen) atoms. The van der Waals surface area contributed by atoms with E-state index < -0.39 is 0 Å². The van der Waals surface area contributed by atoms with Crippen LogP contribution in [0.3, 0.4) is 0 Å². The van der Waals surface area contributed by atoms with Crippen molar-refractivity contribution in [1.29, 1.82) is 0 Å². The molecular weight excluding hydrogens is 298 g/mol. The predicted molar refractivity (Wildman–Crippen MR) is 98.4 cm³/mol. The van der Waals surface area contributed by atoms with E-state index in [1.54, 1.807) is 14.2 Å². The van der Waals surface area contributed by atoms with Gasteiger partial charge in [-0.15, -0.1) is 0 Å². The summed E-state index contributed by atoms with van der Waals surface area (Å²) in [6, 6.07) is 13.1. The molecule has 1 aliphatic carbocycles. The molecule has 128 valence electrons. The van der Waals surface area contributed by atoms with Gasteiger partial charge in [0.1, 0.15) is 11.5 Å². The third kappa shape index (κ3) is 3.41. The fourth-order valence-corrected chi connectivity index (χ4v) is 3.70. The van der Waals surface area contributed by atoms with Gasteiger partial charge in [0.15, 0.2) is 0 Å². The fourth-order valence-electron chi connectivity index (χ4n) is 3.70. The first-order valence-corrected chi connectivity index (χ1v) is 8.81. The quantitative estimate of drug-likeness (QED) is 0.816. The largest absolute Gasteiger partial charge is 0.497 e. The van der Waals surface area contributed by atoms with Crippen LogP contribution in [0, 0.1) is 0 Å². The highest BCUT2D eigenvalue weighted by Gasteiger charge is 2.24. The van der Waals surface area contributed by atoms with E-state index in [-0.39, 0.29) is 0 Å². The fraction of sp³-hybridized carbons (Fsp3) is 0.429. The number of rotatable bonds is 6. The Hall–Kier alpha value is -2.00. The summed E-state index contributed by atoms with van der Waals surface area (Å²) in [6.07, 6.45) is 3.20. The minimum Gasteiger partial charge on any atom is -0.497 e. The standard InChI is InChI=1S/C21H27NO2/c1-4-22-12-11-21-19-9-7-17(23-2)13-15(19)5-6-16-14-18(24-3)8-10-20(16)21/h7-10,13-14,21-22H,4-6,11-12H2,1-3H3. The van der Waals surface area contributed by atoms with Crippen LogP contribution in [0.15, 0.2) is 36.4 Å². The van der Waals surface area contributed by atoms with Crippen molar-refractivity contribution >= 4 is 0 Å². The Kier molecular flexibility index (Phi) is 5.41. The van der Waals surface area contributed by atoms with E-state index in [9.17, 15) is 0 Å². The first kappa shape index (κ1) is 16.8. The van der Waals surface area contributed by atoms with Crippen LogP contribution in [0.5, 0.6) is 11.5 Å². The zero-order valence-corrected chi connectivity index (χ0v) is 14.9. The summed E-state index contributed by atoms with van der Waals surface area (Å²) in [5.74, 6) is 2.32. The molecule has 0 radical (unpaired) electrons. The van der Waals surface area contributed by atoms with Crippen molar-refractivity contribution in [3.8, 4) is 11.5 Å². The third-order valence-electron chi connectivity index (χ3n) is 4.97. The Morgan fingerprint density at radius 2 is 1.46 bits per heavy atom. The number of nitrogens with one attached hydrogen (secondary N) is 1. The second kappa shape index (κ2) is 7.71. The molecule has 0 atom stereocenters. The average molecular weight is 325 g/mol. The molecule has 3 heteroatoms. The monoisotopic (exact) mass is 325 g/mol. The van der Waals surface area contributed by atoms with Crippen LogP contribution < -0.4 is 14.8 Å². The molecule has 2 aromatic carbocycles. The van der Waals surface area contributed by atoms with Crippen LogP contribution in [0.25, 0.3) is 0 Å². The predicted octanol–water partition coefficient (Wildman–Crippen LogP) is 3.93. The molecule has 0 spiro atoms. The summed E-state index contributed by atoms with van der Waals surface area (Å²) < 4.78 is 10.9. The second-order valence-corrected chi connectivity index (χ2v) is 6.32. The van der Waals surface area contributed by atoms with Crippen molar-refractivity contribution in [2.24, 2.45) is 0 Å². The molecule has 0 bridgehead atoms. The molecule has 1 N–H and O–H groups in total. The van der Waals surface area contributed by atoms with Gasteiger partial charge in [-0.1, -0.05) is 19.1 Å². The lowest BCUT2D eigenvalue weighted by molar-refractivity contribution is 0.414. The number of ether oxygens (including phenoxy) is 2. The van der Waals surface area contributed by atoms with Crippen molar-refractivity contribution in [3.05, 3.63) is 58.7 Å². The molecule has 0 unspecified atom stereocenters. The maximum absolute atomic E-state index is 5.44. The summed E-state index contributed by atoms with van der Waals surface area (Å²) >= 11 is 0. The maximum Gasteiger partial charge on any atom is 0.119 e. The van der Waals surface area contributed by atoms with Crippen molar-refractivity contribution in [1.82, 2.24) is 5.32 Å². The molecule has 3 nitrogen and oxygen atoms in total. The first-order chi connectivity index (χ1) is 11.8. The molecule has 3 rings (SSSR count). The number of hydrogen-bond acceptors (Lipinski definition) is 3. The number of fused-ring (bicyclic) bond motifs is 2. The van der Waals surface area contributed by atoms with Crippen LogP contribution in [0.4, 0.5) is 0 Å². The SMILES string of the molecule is CCNCCC1c2ccc(OC)cc2CCc2cc(OC)ccc21. The number of methoxy groups -OCH3 is 2. The molecule has 0 amide bonds. The molecule has 0 aliphatic heterocycles. The van der Waals surface area contributed by atoms with Gasteiger partial charge < -0.3 is 14.8 Å². The second-order valence-electron chi connectivity index (χ2n) is 6.32. The Balaban J connectivity index is 2.02. The molecular formula is C21H27NO2. The molecule has 0 aromatic heterocycles. The summed E-state index contributed by atoms with van der Waals surface area (Å²) in [4.78, 5) is 0. The highest BCUT2D eigenvalue weighted by Crippen LogP contribution is 2.38. The van der Waals surface area contributed by atoms with Crippen LogP contribution in [-0.4, -0.2) is 27.3 Å². The molecule has 0 saturated carbocycles. The lowest BCUT2D eigenvalue weighted by Crippen LogP contribution is -2.18. The number of aryl methyl sites for hydroxylation is 2. The zero-order chi connectivity index (χ0) is 16.9. The van der Waals surface area contributed by atoms with Crippen molar-refractivity contribution in [3.63, 3.8) is 0 Å². The van der Waals surface area contributed by atoms with Gasteiger partial charge in [-0.05, 0) is 78.9 Å². The molecule has 1 aliphatic rings. The minimum absolute atomic E-state index is 0.424. The van der Waals surface area contributed by atoms with Gasteiger partial charge >= 0.3 is 0 Å². The summed E-state index contributed by atoms with van der Waals surface area (Å²) in [5, 5.41) is 3.47. The van der Waals surface area contributed by atoms with Gasteiger partial charge in [0, 0.05) is 5.92 Å².